The molecule has 0 spiro atoms. The number of phosphoric acid groups is 1. The Morgan fingerprint density at radius 3 is 1.47 bits per heavy atom. The molecule has 0 aliphatic rings. The van der Waals surface area contributed by atoms with Crippen LogP contribution >= 0.6 is 7.82 Å². The standard InChI is InChI=1S/C49H89O9P/c1-3-5-7-9-11-13-15-17-19-20-21-22-23-24-25-26-27-28-30-32-34-36-38-40-42-55-45-48(46-57-59(53,54)56-44-47(51)43-50)58-49(52)41-39-37-35-33-31-29-18-16-14-12-10-8-6-4-2/h5,7,11,13,16-19,21-22,47-48,50-51H,3-4,6,8-10,12,14-15,20,23-46H2,1-2H3,(H,53,54)/b7-5-,13-11-,18-16-,19-17-,22-21-. The minimum atomic E-state index is -4.52. The van der Waals surface area contributed by atoms with Gasteiger partial charge >= 0.3 is 13.8 Å². The second kappa shape index (κ2) is 45.7. The van der Waals surface area contributed by atoms with E-state index in [2.05, 4.69) is 74.6 Å². The van der Waals surface area contributed by atoms with E-state index >= 15 is 0 Å². The smallest absolute Gasteiger partial charge is 0.457 e. The quantitative estimate of drug-likeness (QED) is 0.0237. The number of phosphoric ester groups is 1. The molecule has 10 heteroatoms. The molecule has 0 aliphatic heterocycles. The van der Waals surface area contributed by atoms with E-state index in [0.29, 0.717) is 6.61 Å². The summed E-state index contributed by atoms with van der Waals surface area (Å²) < 4.78 is 33.4. The predicted octanol–water partition coefficient (Wildman–Crippen LogP) is 13.5. The van der Waals surface area contributed by atoms with Gasteiger partial charge in [0.15, 0.2) is 0 Å². The Balaban J connectivity index is 4.08. The summed E-state index contributed by atoms with van der Waals surface area (Å²) in [5, 5.41) is 18.4. The van der Waals surface area contributed by atoms with Crippen LogP contribution in [0.15, 0.2) is 60.8 Å². The molecule has 0 bridgehead atoms. The number of esters is 1. The molecule has 0 fully saturated rings. The van der Waals surface area contributed by atoms with Gasteiger partial charge < -0.3 is 24.6 Å². The van der Waals surface area contributed by atoms with Crippen molar-refractivity contribution in [3.8, 4) is 0 Å². The van der Waals surface area contributed by atoms with Crippen molar-refractivity contribution in [3.05, 3.63) is 60.8 Å². The lowest BCUT2D eigenvalue weighted by atomic mass is 10.1. The van der Waals surface area contributed by atoms with E-state index in [9.17, 15) is 19.4 Å². The normalized spacial score (nSPS) is 14.5. The van der Waals surface area contributed by atoms with Crippen molar-refractivity contribution in [3.63, 3.8) is 0 Å². The lowest BCUT2D eigenvalue weighted by Gasteiger charge is -2.20. The number of allylic oxidation sites excluding steroid dienone is 10. The van der Waals surface area contributed by atoms with E-state index in [-0.39, 0.29) is 19.6 Å². The van der Waals surface area contributed by atoms with Crippen LogP contribution in [-0.2, 0) is 27.9 Å². The van der Waals surface area contributed by atoms with E-state index in [4.69, 9.17) is 23.6 Å². The zero-order valence-corrected chi connectivity index (χ0v) is 38.6. The molecule has 0 heterocycles. The van der Waals surface area contributed by atoms with Gasteiger partial charge in [-0.1, -0.05) is 177 Å². The second-order valence-electron chi connectivity index (χ2n) is 15.7. The van der Waals surface area contributed by atoms with Crippen LogP contribution in [0.3, 0.4) is 0 Å². The number of unbranched alkanes of at least 4 members (excludes halogenated alkanes) is 21. The van der Waals surface area contributed by atoms with Crippen molar-refractivity contribution < 1.29 is 43.0 Å². The van der Waals surface area contributed by atoms with Gasteiger partial charge in [0, 0.05) is 13.0 Å². The van der Waals surface area contributed by atoms with E-state index < -0.39 is 39.2 Å². The summed E-state index contributed by atoms with van der Waals surface area (Å²) in [6.07, 6.45) is 53.3. The van der Waals surface area contributed by atoms with Gasteiger partial charge in [-0.25, -0.2) is 4.57 Å². The fourth-order valence-electron chi connectivity index (χ4n) is 6.34. The number of hydrogen-bond acceptors (Lipinski definition) is 8. The number of carbonyl (C=O) groups excluding carboxylic acids is 1. The van der Waals surface area contributed by atoms with Gasteiger partial charge in [0.05, 0.1) is 26.4 Å². The Kier molecular flexibility index (Phi) is 44.3. The third-order valence-electron chi connectivity index (χ3n) is 9.94. The van der Waals surface area contributed by atoms with Crippen LogP contribution < -0.4 is 0 Å². The summed E-state index contributed by atoms with van der Waals surface area (Å²) in [7, 11) is -4.52. The van der Waals surface area contributed by atoms with Crippen molar-refractivity contribution in [1.29, 1.82) is 0 Å². The molecule has 0 aliphatic carbocycles. The molecule has 0 radical (unpaired) electrons. The van der Waals surface area contributed by atoms with Crippen molar-refractivity contribution >= 4 is 13.8 Å². The van der Waals surface area contributed by atoms with Crippen molar-refractivity contribution in [2.45, 2.75) is 212 Å². The molecule has 3 atom stereocenters. The van der Waals surface area contributed by atoms with E-state index in [1.807, 2.05) is 0 Å². The largest absolute Gasteiger partial charge is 0.472 e. The Labute approximate surface area is 361 Å². The monoisotopic (exact) mass is 853 g/mol. The maximum Gasteiger partial charge on any atom is 0.472 e. The molecular weight excluding hydrogens is 764 g/mol. The van der Waals surface area contributed by atoms with Gasteiger partial charge in [0.1, 0.15) is 12.2 Å². The molecule has 344 valence electrons. The molecule has 0 aromatic rings. The topological polar surface area (TPSA) is 132 Å². The van der Waals surface area contributed by atoms with Crippen LogP contribution in [0.25, 0.3) is 0 Å². The summed E-state index contributed by atoms with van der Waals surface area (Å²) in [6.45, 7) is 3.38. The van der Waals surface area contributed by atoms with Gasteiger partial charge in [-0.05, 0) is 77.0 Å². The lowest BCUT2D eigenvalue weighted by molar-refractivity contribution is -0.154. The van der Waals surface area contributed by atoms with E-state index in [1.54, 1.807) is 0 Å². The molecule has 0 amide bonds. The van der Waals surface area contributed by atoms with Crippen LogP contribution in [0.5, 0.6) is 0 Å². The Morgan fingerprint density at radius 1 is 0.542 bits per heavy atom. The second-order valence-corrected chi connectivity index (χ2v) is 17.2. The van der Waals surface area contributed by atoms with Crippen molar-refractivity contribution in [2.75, 3.05) is 33.0 Å². The molecule has 0 aromatic carbocycles. The maximum absolute atomic E-state index is 12.6. The van der Waals surface area contributed by atoms with Gasteiger partial charge in [0.25, 0.3) is 0 Å². The number of ether oxygens (including phenoxy) is 2. The van der Waals surface area contributed by atoms with Crippen LogP contribution in [0.2, 0.25) is 0 Å². The molecule has 3 unspecified atom stereocenters. The third kappa shape index (κ3) is 45.5. The summed E-state index contributed by atoms with van der Waals surface area (Å²) in [5.74, 6) is -0.393. The van der Waals surface area contributed by atoms with Gasteiger partial charge in [-0.2, -0.15) is 0 Å². The Hall–Kier alpha value is -1.84. The summed E-state index contributed by atoms with van der Waals surface area (Å²) in [4.78, 5) is 22.6. The molecule has 0 aromatic heterocycles. The number of aliphatic hydroxyl groups excluding tert-OH is 2. The fraction of sp³-hybridized carbons (Fsp3) is 0.776. The van der Waals surface area contributed by atoms with Crippen LogP contribution in [0, 0.1) is 0 Å². The highest BCUT2D eigenvalue weighted by Gasteiger charge is 2.26. The van der Waals surface area contributed by atoms with Crippen LogP contribution in [-0.4, -0.2) is 66.3 Å². The van der Waals surface area contributed by atoms with E-state index in [0.717, 1.165) is 83.5 Å². The highest BCUT2D eigenvalue weighted by Crippen LogP contribution is 2.43. The average molecular weight is 853 g/mol. The third-order valence-corrected chi connectivity index (χ3v) is 10.9. The molecule has 9 nitrogen and oxygen atoms in total. The summed E-state index contributed by atoms with van der Waals surface area (Å²) >= 11 is 0. The Morgan fingerprint density at radius 2 is 0.966 bits per heavy atom. The predicted molar refractivity (Wildman–Crippen MR) is 246 cm³/mol. The van der Waals surface area contributed by atoms with E-state index in [1.165, 1.54) is 96.3 Å². The number of rotatable bonds is 45. The van der Waals surface area contributed by atoms with Crippen molar-refractivity contribution in [2.24, 2.45) is 0 Å². The van der Waals surface area contributed by atoms with Crippen molar-refractivity contribution in [1.82, 2.24) is 0 Å². The van der Waals surface area contributed by atoms with Crippen LogP contribution in [0.4, 0.5) is 0 Å². The number of carbonyl (C=O) groups is 1. The fourth-order valence-corrected chi connectivity index (χ4v) is 7.13. The minimum absolute atomic E-state index is 0.0424. The zero-order valence-electron chi connectivity index (χ0n) is 37.7. The average Bonchev–Trinajstić information content (AvgIpc) is 3.23. The number of hydrogen-bond donors (Lipinski definition) is 3. The Bertz CT molecular complexity index is 1100. The highest BCUT2D eigenvalue weighted by molar-refractivity contribution is 7.47. The lowest BCUT2D eigenvalue weighted by Crippen LogP contribution is -2.29. The molecule has 0 rings (SSSR count). The van der Waals surface area contributed by atoms with Crippen LogP contribution in [0.1, 0.15) is 200 Å². The SMILES string of the molecule is CC/C=C\C/C=C\C/C=C\C/C=C\CCCCCCCCCCCCCOCC(COP(=O)(O)OCC(O)CO)OC(=O)CCCCCCC/C=C\CCCCCCC. The highest BCUT2D eigenvalue weighted by atomic mass is 31.2. The first-order chi connectivity index (χ1) is 28.8. The molecule has 59 heavy (non-hydrogen) atoms. The first-order valence-electron chi connectivity index (χ1n) is 23.8. The molecule has 0 saturated carbocycles. The maximum atomic E-state index is 12.6. The summed E-state index contributed by atoms with van der Waals surface area (Å²) in [6, 6.07) is 0. The number of aliphatic hydroxyl groups is 2. The minimum Gasteiger partial charge on any atom is -0.457 e. The first kappa shape index (κ1) is 57.2. The molecule has 0 saturated heterocycles. The zero-order chi connectivity index (χ0) is 43.2. The van der Waals surface area contributed by atoms with Gasteiger partial charge in [-0.15, -0.1) is 0 Å². The van der Waals surface area contributed by atoms with Gasteiger partial charge in [-0.3, -0.25) is 13.8 Å². The first-order valence-corrected chi connectivity index (χ1v) is 25.3. The van der Waals surface area contributed by atoms with Gasteiger partial charge in [0.2, 0.25) is 0 Å². The summed E-state index contributed by atoms with van der Waals surface area (Å²) in [5.41, 5.74) is 0. The molecular formula is C49H89O9P. The molecule has 3 N–H and O–H groups in total.